The maximum Gasteiger partial charge on any atom is 0.251 e. The molecule has 0 saturated carbocycles. The predicted molar refractivity (Wildman–Crippen MR) is 99.9 cm³/mol. The molecule has 0 aliphatic heterocycles. The molecule has 1 atom stereocenters. The van der Waals surface area contributed by atoms with Gasteiger partial charge in [0.25, 0.3) is 5.91 Å². The molecule has 1 aromatic carbocycles. The molecule has 2 aromatic rings. The van der Waals surface area contributed by atoms with E-state index >= 15 is 0 Å². The number of aromatic nitrogens is 1. The molecule has 0 radical (unpaired) electrons. The lowest BCUT2D eigenvalue weighted by molar-refractivity contribution is -0.118. The Kier molecular flexibility index (Phi) is 6.15. The van der Waals surface area contributed by atoms with Gasteiger partial charge >= 0.3 is 0 Å². The Bertz CT molecular complexity index is 773. The van der Waals surface area contributed by atoms with Crippen LogP contribution in [-0.4, -0.2) is 22.8 Å². The van der Waals surface area contributed by atoms with Gasteiger partial charge in [0.05, 0.1) is 11.9 Å². The molecule has 2 rings (SSSR count). The molecule has 0 unspecified atom stereocenters. The van der Waals surface area contributed by atoms with E-state index in [1.165, 1.54) is 6.20 Å². The number of halogens is 1. The molecule has 0 aliphatic rings. The lowest BCUT2D eigenvalue weighted by atomic mass is 10.0. The van der Waals surface area contributed by atoms with Crippen molar-refractivity contribution < 1.29 is 9.59 Å². The fraction of sp³-hybridized carbons (Fsp3) is 0.316. The third-order valence-corrected chi connectivity index (χ3v) is 4.23. The highest BCUT2D eigenvalue weighted by Crippen LogP contribution is 2.17. The maximum absolute atomic E-state index is 12.6. The SMILES string of the molecule is Cc1ccc(C(=O)N[C@@H](C(=O)Nc2cnc(Cl)c(C)c2)C(C)C)cc1. The van der Waals surface area contributed by atoms with Crippen molar-refractivity contribution in [1.82, 2.24) is 10.3 Å². The number of nitrogens with one attached hydrogen (secondary N) is 2. The third kappa shape index (κ3) is 5.03. The Morgan fingerprint density at radius 2 is 1.76 bits per heavy atom. The molecule has 0 saturated heterocycles. The fourth-order valence-electron chi connectivity index (χ4n) is 2.31. The zero-order valence-corrected chi connectivity index (χ0v) is 15.5. The van der Waals surface area contributed by atoms with Crippen LogP contribution in [0.3, 0.4) is 0 Å². The first-order valence-electron chi connectivity index (χ1n) is 8.08. The van der Waals surface area contributed by atoms with Crippen molar-refractivity contribution in [3.05, 3.63) is 58.4 Å². The number of carbonyl (C=O) groups is 2. The van der Waals surface area contributed by atoms with Gasteiger partial charge in [-0.2, -0.15) is 0 Å². The second-order valence-electron chi connectivity index (χ2n) is 6.38. The molecule has 0 bridgehead atoms. The van der Waals surface area contributed by atoms with Crippen molar-refractivity contribution in [2.75, 3.05) is 5.32 Å². The Morgan fingerprint density at radius 1 is 1.12 bits per heavy atom. The van der Waals surface area contributed by atoms with E-state index in [-0.39, 0.29) is 17.7 Å². The molecule has 2 amide bonds. The molecule has 25 heavy (non-hydrogen) atoms. The Balaban J connectivity index is 2.11. The third-order valence-electron chi connectivity index (χ3n) is 3.83. The number of benzene rings is 1. The van der Waals surface area contributed by atoms with Crippen LogP contribution in [-0.2, 0) is 4.79 Å². The maximum atomic E-state index is 12.6. The van der Waals surface area contributed by atoms with Gasteiger partial charge in [0.2, 0.25) is 5.91 Å². The average molecular weight is 360 g/mol. The van der Waals surface area contributed by atoms with Crippen molar-refractivity contribution >= 4 is 29.1 Å². The van der Waals surface area contributed by atoms with Gasteiger partial charge < -0.3 is 10.6 Å². The highest BCUT2D eigenvalue weighted by atomic mass is 35.5. The number of anilines is 1. The Morgan fingerprint density at radius 3 is 2.32 bits per heavy atom. The summed E-state index contributed by atoms with van der Waals surface area (Å²) in [4.78, 5) is 29.0. The summed E-state index contributed by atoms with van der Waals surface area (Å²) in [6, 6.07) is 8.29. The van der Waals surface area contributed by atoms with Gasteiger partial charge in [0.1, 0.15) is 11.2 Å². The minimum atomic E-state index is -0.662. The van der Waals surface area contributed by atoms with Crippen LogP contribution in [0.4, 0.5) is 5.69 Å². The number of pyridine rings is 1. The number of hydrogen-bond acceptors (Lipinski definition) is 3. The Hall–Kier alpha value is -2.40. The van der Waals surface area contributed by atoms with Crippen LogP contribution in [0.25, 0.3) is 0 Å². The molecule has 0 spiro atoms. The topological polar surface area (TPSA) is 71.1 Å². The summed E-state index contributed by atoms with van der Waals surface area (Å²) >= 11 is 5.90. The summed E-state index contributed by atoms with van der Waals surface area (Å²) in [7, 11) is 0. The lowest BCUT2D eigenvalue weighted by Gasteiger charge is -2.22. The van der Waals surface area contributed by atoms with E-state index in [4.69, 9.17) is 11.6 Å². The zero-order valence-electron chi connectivity index (χ0n) is 14.8. The fourth-order valence-corrected chi connectivity index (χ4v) is 2.41. The largest absolute Gasteiger partial charge is 0.340 e. The monoisotopic (exact) mass is 359 g/mol. The quantitative estimate of drug-likeness (QED) is 0.799. The van der Waals surface area contributed by atoms with Crippen LogP contribution >= 0.6 is 11.6 Å². The van der Waals surface area contributed by atoms with Gasteiger partial charge in [-0.25, -0.2) is 4.98 Å². The van der Waals surface area contributed by atoms with E-state index in [0.29, 0.717) is 16.4 Å². The highest BCUT2D eigenvalue weighted by Gasteiger charge is 2.25. The zero-order chi connectivity index (χ0) is 18.6. The van der Waals surface area contributed by atoms with E-state index in [2.05, 4.69) is 15.6 Å². The van der Waals surface area contributed by atoms with Crippen LogP contribution < -0.4 is 10.6 Å². The molecule has 5 nitrogen and oxygen atoms in total. The minimum Gasteiger partial charge on any atom is -0.340 e. The van der Waals surface area contributed by atoms with Crippen molar-refractivity contribution in [2.45, 2.75) is 33.7 Å². The normalized spacial score (nSPS) is 11.9. The van der Waals surface area contributed by atoms with E-state index < -0.39 is 6.04 Å². The average Bonchev–Trinajstić information content (AvgIpc) is 2.56. The van der Waals surface area contributed by atoms with Crippen LogP contribution in [0.5, 0.6) is 0 Å². The molecular weight excluding hydrogens is 338 g/mol. The molecule has 6 heteroatoms. The first-order valence-corrected chi connectivity index (χ1v) is 8.46. The summed E-state index contributed by atoms with van der Waals surface area (Å²) in [6.07, 6.45) is 1.49. The second-order valence-corrected chi connectivity index (χ2v) is 6.74. The molecule has 0 fully saturated rings. The van der Waals surface area contributed by atoms with Crippen LogP contribution in [0.15, 0.2) is 36.5 Å². The molecule has 1 aromatic heterocycles. The number of hydrogen-bond donors (Lipinski definition) is 2. The smallest absolute Gasteiger partial charge is 0.251 e. The molecule has 132 valence electrons. The minimum absolute atomic E-state index is 0.0734. The van der Waals surface area contributed by atoms with Gasteiger partial charge in [0, 0.05) is 5.56 Å². The summed E-state index contributed by atoms with van der Waals surface area (Å²) in [5.41, 5.74) is 2.90. The van der Waals surface area contributed by atoms with E-state index in [1.54, 1.807) is 18.2 Å². The number of amides is 2. The molecule has 2 N–H and O–H groups in total. The lowest BCUT2D eigenvalue weighted by Crippen LogP contribution is -2.47. The van der Waals surface area contributed by atoms with Crippen LogP contribution in [0.1, 0.15) is 35.3 Å². The van der Waals surface area contributed by atoms with Crippen LogP contribution in [0, 0.1) is 19.8 Å². The summed E-state index contributed by atoms with van der Waals surface area (Å²) in [5.74, 6) is -0.644. The van der Waals surface area contributed by atoms with Gasteiger partial charge in [-0.3, -0.25) is 9.59 Å². The first-order chi connectivity index (χ1) is 11.8. The summed E-state index contributed by atoms with van der Waals surface area (Å²) in [5, 5.41) is 5.98. The van der Waals surface area contributed by atoms with E-state index in [9.17, 15) is 9.59 Å². The first kappa shape index (κ1) is 18.9. The number of rotatable bonds is 5. The van der Waals surface area contributed by atoms with Crippen molar-refractivity contribution in [2.24, 2.45) is 5.92 Å². The number of nitrogens with zero attached hydrogens (tertiary/aromatic N) is 1. The highest BCUT2D eigenvalue weighted by molar-refractivity contribution is 6.30. The van der Waals surface area contributed by atoms with E-state index in [0.717, 1.165) is 11.1 Å². The molecular formula is C19H22ClN3O2. The van der Waals surface area contributed by atoms with Gasteiger partial charge in [-0.1, -0.05) is 43.1 Å². The van der Waals surface area contributed by atoms with Gasteiger partial charge in [-0.05, 0) is 43.5 Å². The predicted octanol–water partition coefficient (Wildman–Crippen LogP) is 3.74. The van der Waals surface area contributed by atoms with Gasteiger partial charge in [-0.15, -0.1) is 0 Å². The Labute approximate surface area is 152 Å². The van der Waals surface area contributed by atoms with Crippen molar-refractivity contribution in [1.29, 1.82) is 0 Å². The summed E-state index contributed by atoms with van der Waals surface area (Å²) < 4.78 is 0. The standard InChI is InChI=1S/C19H22ClN3O2/c1-11(2)16(23-18(24)14-7-5-12(3)6-8-14)19(25)22-15-9-13(4)17(20)21-10-15/h5-11,16H,1-4H3,(H,22,25)(H,23,24)/t16-/m1/s1. The number of aryl methyl sites for hydroxylation is 2. The number of carbonyl (C=O) groups excluding carboxylic acids is 2. The molecule has 1 heterocycles. The summed E-state index contributed by atoms with van der Waals surface area (Å²) in [6.45, 7) is 7.52. The van der Waals surface area contributed by atoms with Gasteiger partial charge in [0.15, 0.2) is 0 Å². The van der Waals surface area contributed by atoms with E-state index in [1.807, 2.05) is 39.8 Å². The molecule has 0 aliphatic carbocycles. The van der Waals surface area contributed by atoms with Crippen molar-refractivity contribution in [3.8, 4) is 0 Å². The van der Waals surface area contributed by atoms with Crippen LogP contribution in [0.2, 0.25) is 5.15 Å². The van der Waals surface area contributed by atoms with Crippen molar-refractivity contribution in [3.63, 3.8) is 0 Å². The second kappa shape index (κ2) is 8.12.